The van der Waals surface area contributed by atoms with Crippen molar-refractivity contribution in [1.29, 1.82) is 0 Å². The predicted molar refractivity (Wildman–Crippen MR) is 63.4 cm³/mol. The molecule has 3 N–H and O–H groups in total. The minimum Gasteiger partial charge on any atom is -0.505 e. The first-order valence-corrected chi connectivity index (χ1v) is 5.82. The van der Waals surface area contributed by atoms with E-state index in [1.807, 2.05) is 17.5 Å². The summed E-state index contributed by atoms with van der Waals surface area (Å²) in [6, 6.07) is 5.64. The average molecular weight is 258 g/mol. The third kappa shape index (κ3) is 2.04. The van der Waals surface area contributed by atoms with E-state index >= 15 is 0 Å². The summed E-state index contributed by atoms with van der Waals surface area (Å²) in [7, 11) is 0. The zero-order valence-electron chi connectivity index (χ0n) is 8.15. The van der Waals surface area contributed by atoms with Crippen LogP contribution in [-0.4, -0.2) is 5.11 Å². The van der Waals surface area contributed by atoms with Crippen LogP contribution in [0.25, 0.3) is 0 Å². The van der Waals surface area contributed by atoms with Gasteiger partial charge in [0.15, 0.2) is 11.6 Å². The van der Waals surface area contributed by atoms with E-state index in [-0.39, 0.29) is 5.02 Å². The van der Waals surface area contributed by atoms with Crippen LogP contribution in [0.15, 0.2) is 29.6 Å². The third-order valence-electron chi connectivity index (χ3n) is 2.24. The summed E-state index contributed by atoms with van der Waals surface area (Å²) in [5.74, 6) is -1.19. The van der Waals surface area contributed by atoms with Gasteiger partial charge in [-0.1, -0.05) is 17.7 Å². The molecule has 84 valence electrons. The molecule has 0 aliphatic rings. The van der Waals surface area contributed by atoms with E-state index in [1.165, 1.54) is 17.4 Å². The van der Waals surface area contributed by atoms with Gasteiger partial charge in [-0.25, -0.2) is 4.39 Å². The molecular weight excluding hydrogens is 249 g/mol. The van der Waals surface area contributed by atoms with Crippen LogP contribution in [0.3, 0.4) is 0 Å². The normalized spacial score (nSPS) is 12.7. The van der Waals surface area contributed by atoms with Gasteiger partial charge in [-0.2, -0.15) is 0 Å². The highest BCUT2D eigenvalue weighted by molar-refractivity contribution is 7.10. The molecule has 2 nitrogen and oxygen atoms in total. The van der Waals surface area contributed by atoms with Gasteiger partial charge < -0.3 is 10.8 Å². The molecule has 0 bridgehead atoms. The Morgan fingerprint density at radius 1 is 1.44 bits per heavy atom. The summed E-state index contributed by atoms with van der Waals surface area (Å²) in [6.45, 7) is 0. The second-order valence-corrected chi connectivity index (χ2v) is 4.73. The van der Waals surface area contributed by atoms with Crippen LogP contribution >= 0.6 is 22.9 Å². The highest BCUT2D eigenvalue weighted by atomic mass is 35.5. The zero-order valence-corrected chi connectivity index (χ0v) is 9.73. The van der Waals surface area contributed by atoms with Crippen LogP contribution in [-0.2, 0) is 0 Å². The lowest BCUT2D eigenvalue weighted by atomic mass is 10.0. The fourth-order valence-corrected chi connectivity index (χ4v) is 2.40. The number of rotatable bonds is 2. The highest BCUT2D eigenvalue weighted by Gasteiger charge is 2.17. The van der Waals surface area contributed by atoms with Crippen LogP contribution in [0.4, 0.5) is 4.39 Å². The Kier molecular flexibility index (Phi) is 3.14. The molecule has 0 unspecified atom stereocenters. The summed E-state index contributed by atoms with van der Waals surface area (Å²) < 4.78 is 13.3. The van der Waals surface area contributed by atoms with Crippen molar-refractivity contribution in [3.8, 4) is 5.75 Å². The molecule has 1 aromatic heterocycles. The van der Waals surface area contributed by atoms with E-state index in [9.17, 15) is 9.50 Å². The first-order valence-electron chi connectivity index (χ1n) is 4.56. The fourth-order valence-electron chi connectivity index (χ4n) is 1.44. The topological polar surface area (TPSA) is 46.2 Å². The van der Waals surface area contributed by atoms with Crippen molar-refractivity contribution in [2.24, 2.45) is 5.73 Å². The van der Waals surface area contributed by atoms with Gasteiger partial charge in [0.25, 0.3) is 0 Å². The first-order chi connectivity index (χ1) is 7.59. The van der Waals surface area contributed by atoms with Crippen LogP contribution in [0.2, 0.25) is 5.02 Å². The van der Waals surface area contributed by atoms with Gasteiger partial charge in [0.1, 0.15) is 0 Å². The smallest absolute Gasteiger partial charge is 0.166 e. The van der Waals surface area contributed by atoms with Crippen LogP contribution in [0.5, 0.6) is 5.75 Å². The number of aromatic hydroxyl groups is 1. The Hall–Kier alpha value is -1.10. The molecule has 0 fully saturated rings. The van der Waals surface area contributed by atoms with E-state index in [4.69, 9.17) is 17.3 Å². The van der Waals surface area contributed by atoms with Crippen molar-refractivity contribution < 1.29 is 9.50 Å². The van der Waals surface area contributed by atoms with Crippen molar-refractivity contribution in [2.45, 2.75) is 6.04 Å². The van der Waals surface area contributed by atoms with Gasteiger partial charge in [0.05, 0.1) is 6.04 Å². The SMILES string of the molecule is N[C@@H](c1cccs1)c1cc(Cl)cc(F)c1O. The molecule has 2 rings (SSSR count). The van der Waals surface area contributed by atoms with Crippen molar-refractivity contribution in [3.63, 3.8) is 0 Å². The number of halogens is 2. The van der Waals surface area contributed by atoms with E-state index in [2.05, 4.69) is 0 Å². The van der Waals surface area contributed by atoms with E-state index in [0.717, 1.165) is 10.9 Å². The average Bonchev–Trinajstić information content (AvgIpc) is 2.75. The lowest BCUT2D eigenvalue weighted by Crippen LogP contribution is -2.10. The largest absolute Gasteiger partial charge is 0.505 e. The number of phenols is 1. The van der Waals surface area contributed by atoms with Gasteiger partial charge in [0.2, 0.25) is 0 Å². The quantitative estimate of drug-likeness (QED) is 0.867. The third-order valence-corrected chi connectivity index (χ3v) is 3.42. The van der Waals surface area contributed by atoms with Gasteiger partial charge in [-0.15, -0.1) is 11.3 Å². The molecule has 16 heavy (non-hydrogen) atoms. The van der Waals surface area contributed by atoms with Gasteiger partial charge >= 0.3 is 0 Å². The summed E-state index contributed by atoms with van der Waals surface area (Å²) in [4.78, 5) is 0.844. The molecule has 0 saturated carbocycles. The lowest BCUT2D eigenvalue weighted by molar-refractivity contribution is 0.424. The van der Waals surface area contributed by atoms with Crippen LogP contribution in [0, 0.1) is 5.82 Å². The van der Waals surface area contributed by atoms with Crippen molar-refractivity contribution in [3.05, 3.63) is 50.9 Å². The minimum absolute atomic E-state index is 0.220. The Labute approximate surface area is 101 Å². The molecule has 1 aromatic carbocycles. The molecule has 0 amide bonds. The number of phenolic OH excluding ortho intramolecular Hbond substituents is 1. The maximum Gasteiger partial charge on any atom is 0.166 e. The van der Waals surface area contributed by atoms with E-state index < -0.39 is 17.6 Å². The van der Waals surface area contributed by atoms with Crippen molar-refractivity contribution in [1.82, 2.24) is 0 Å². The summed E-state index contributed by atoms with van der Waals surface area (Å²) in [6.07, 6.45) is 0. The molecule has 0 aliphatic heterocycles. The number of thiophene rings is 1. The molecule has 1 heterocycles. The molecule has 0 spiro atoms. The molecule has 5 heteroatoms. The van der Waals surface area contributed by atoms with E-state index in [1.54, 1.807) is 0 Å². The van der Waals surface area contributed by atoms with Crippen LogP contribution < -0.4 is 5.73 Å². The predicted octanol–water partition coefficient (Wildman–Crippen LogP) is 3.29. The summed E-state index contributed by atoms with van der Waals surface area (Å²) in [5, 5.41) is 11.7. The second-order valence-electron chi connectivity index (χ2n) is 3.32. The van der Waals surface area contributed by atoms with Crippen LogP contribution in [0.1, 0.15) is 16.5 Å². The Morgan fingerprint density at radius 2 is 2.19 bits per heavy atom. The van der Waals surface area contributed by atoms with E-state index in [0.29, 0.717) is 5.56 Å². The van der Waals surface area contributed by atoms with Crippen molar-refractivity contribution >= 4 is 22.9 Å². The van der Waals surface area contributed by atoms with Gasteiger partial charge in [-0.05, 0) is 23.6 Å². The molecule has 0 radical (unpaired) electrons. The Morgan fingerprint density at radius 3 is 2.81 bits per heavy atom. The maximum absolute atomic E-state index is 13.3. The number of benzene rings is 1. The number of hydrogen-bond acceptors (Lipinski definition) is 3. The first kappa shape index (κ1) is 11.4. The van der Waals surface area contributed by atoms with Crippen molar-refractivity contribution in [2.75, 3.05) is 0 Å². The Bertz CT molecular complexity index is 501. The summed E-state index contributed by atoms with van der Waals surface area (Å²) >= 11 is 7.17. The standard InChI is InChI=1S/C11H9ClFNOS/c12-6-4-7(11(15)8(13)5-6)10(14)9-2-1-3-16-9/h1-5,10,15H,14H2/t10-/m1/s1. The monoisotopic (exact) mass is 257 g/mol. The summed E-state index contributed by atoms with van der Waals surface area (Å²) in [5.41, 5.74) is 6.22. The number of hydrogen-bond donors (Lipinski definition) is 2. The maximum atomic E-state index is 13.3. The fraction of sp³-hybridized carbons (Fsp3) is 0.0909. The molecule has 1 atom stereocenters. The molecule has 0 saturated heterocycles. The van der Waals surface area contributed by atoms with Gasteiger partial charge in [0, 0.05) is 15.5 Å². The highest BCUT2D eigenvalue weighted by Crippen LogP contribution is 2.33. The molecule has 0 aliphatic carbocycles. The second kappa shape index (κ2) is 4.41. The minimum atomic E-state index is -0.755. The lowest BCUT2D eigenvalue weighted by Gasteiger charge is -2.12. The Balaban J connectivity index is 2.48. The number of nitrogens with two attached hydrogens (primary N) is 1. The van der Waals surface area contributed by atoms with Gasteiger partial charge in [-0.3, -0.25) is 0 Å². The molecule has 2 aromatic rings. The molecular formula is C11H9ClFNOS. The zero-order chi connectivity index (χ0) is 11.7.